The van der Waals surface area contributed by atoms with Crippen LogP contribution in [0.15, 0.2) is 0 Å². The zero-order valence-electron chi connectivity index (χ0n) is 11.0. The van der Waals surface area contributed by atoms with E-state index >= 15 is 0 Å². The molecule has 1 aliphatic heterocycles. The molecule has 0 aromatic carbocycles. The Morgan fingerprint density at radius 3 is 2.71 bits per heavy atom. The lowest BCUT2D eigenvalue weighted by Gasteiger charge is -2.40. The smallest absolute Gasteiger partial charge is 0.229 e. The Hall–Kier alpha value is -0.650. The van der Waals surface area contributed by atoms with Crippen molar-refractivity contribution in [1.82, 2.24) is 4.90 Å². The molecule has 1 fully saturated rings. The molecule has 1 saturated heterocycles. The number of carbonyl (C=O) groups is 1. The summed E-state index contributed by atoms with van der Waals surface area (Å²) in [5.41, 5.74) is 5.20. The van der Waals surface area contributed by atoms with Gasteiger partial charge in [-0.05, 0) is 20.3 Å². The molecule has 5 nitrogen and oxygen atoms in total. The van der Waals surface area contributed by atoms with Crippen molar-refractivity contribution in [2.45, 2.75) is 39.4 Å². The van der Waals surface area contributed by atoms with Crippen molar-refractivity contribution in [2.24, 2.45) is 11.1 Å². The third kappa shape index (κ3) is 3.18. The number of hydrogen-bond donors (Lipinski definition) is 2. The number of carbonyl (C=O) groups excluding carboxylic acids is 1. The molecule has 5 heteroatoms. The van der Waals surface area contributed by atoms with E-state index in [1.165, 1.54) is 0 Å². The van der Waals surface area contributed by atoms with Crippen LogP contribution in [-0.4, -0.2) is 54.4 Å². The molecular formula is C12H24N2O3. The van der Waals surface area contributed by atoms with Crippen molar-refractivity contribution in [3.05, 3.63) is 0 Å². The number of hydrogen-bond acceptors (Lipinski definition) is 4. The van der Waals surface area contributed by atoms with Crippen molar-refractivity contribution in [1.29, 1.82) is 0 Å². The van der Waals surface area contributed by atoms with Gasteiger partial charge in [0.05, 0.1) is 24.2 Å². The predicted molar refractivity (Wildman–Crippen MR) is 65.5 cm³/mol. The Morgan fingerprint density at radius 1 is 1.59 bits per heavy atom. The fourth-order valence-corrected chi connectivity index (χ4v) is 2.08. The first-order valence-corrected chi connectivity index (χ1v) is 6.22. The van der Waals surface area contributed by atoms with Gasteiger partial charge in [-0.1, -0.05) is 6.92 Å². The molecule has 0 spiro atoms. The van der Waals surface area contributed by atoms with Crippen LogP contribution in [0.1, 0.15) is 27.2 Å². The summed E-state index contributed by atoms with van der Waals surface area (Å²) in [5.74, 6) is 0.0658. The number of aliphatic hydroxyl groups is 1. The van der Waals surface area contributed by atoms with Gasteiger partial charge in [0.25, 0.3) is 0 Å². The van der Waals surface area contributed by atoms with E-state index < -0.39 is 5.41 Å². The number of nitrogens with two attached hydrogens (primary N) is 1. The zero-order chi connectivity index (χ0) is 13.1. The lowest BCUT2D eigenvalue weighted by atomic mass is 9.85. The molecule has 1 rings (SSSR count). The van der Waals surface area contributed by atoms with Crippen molar-refractivity contribution >= 4 is 5.91 Å². The zero-order valence-corrected chi connectivity index (χ0v) is 11.0. The van der Waals surface area contributed by atoms with E-state index in [1.54, 1.807) is 4.90 Å². The Bertz CT molecular complexity index is 266. The SMILES string of the molecule is CCC(C)(CN)C(=O)N1CC(C)OC(CO)C1. The topological polar surface area (TPSA) is 75.8 Å². The molecular weight excluding hydrogens is 220 g/mol. The summed E-state index contributed by atoms with van der Waals surface area (Å²) < 4.78 is 5.52. The van der Waals surface area contributed by atoms with Crippen LogP contribution >= 0.6 is 0 Å². The molecule has 3 unspecified atom stereocenters. The minimum absolute atomic E-state index is 0.0382. The maximum absolute atomic E-state index is 12.4. The molecule has 0 radical (unpaired) electrons. The van der Waals surface area contributed by atoms with Crippen LogP contribution in [-0.2, 0) is 9.53 Å². The maximum Gasteiger partial charge on any atom is 0.229 e. The first-order chi connectivity index (χ1) is 7.96. The minimum atomic E-state index is -0.503. The lowest BCUT2D eigenvalue weighted by molar-refractivity contribution is -0.156. The fourth-order valence-electron chi connectivity index (χ4n) is 2.08. The highest BCUT2D eigenvalue weighted by molar-refractivity contribution is 5.82. The standard InChI is InChI=1S/C12H24N2O3/c1-4-12(3,8-13)11(16)14-5-9(2)17-10(6-14)7-15/h9-10,15H,4-8,13H2,1-3H3. The summed E-state index contributed by atoms with van der Waals surface area (Å²) in [4.78, 5) is 14.2. The average Bonchev–Trinajstić information content (AvgIpc) is 2.36. The lowest BCUT2D eigenvalue weighted by Crippen LogP contribution is -2.55. The summed E-state index contributed by atoms with van der Waals surface area (Å²) in [6.07, 6.45) is 0.406. The summed E-state index contributed by atoms with van der Waals surface area (Å²) >= 11 is 0. The van der Waals surface area contributed by atoms with Gasteiger partial charge in [0.1, 0.15) is 0 Å². The number of ether oxygens (including phenoxy) is 1. The van der Waals surface area contributed by atoms with Crippen LogP contribution in [0.25, 0.3) is 0 Å². The van der Waals surface area contributed by atoms with Crippen LogP contribution in [0.2, 0.25) is 0 Å². The first kappa shape index (κ1) is 14.4. The van der Waals surface area contributed by atoms with Gasteiger partial charge in [-0.2, -0.15) is 0 Å². The minimum Gasteiger partial charge on any atom is -0.394 e. The van der Waals surface area contributed by atoms with Crippen molar-refractivity contribution < 1.29 is 14.6 Å². The Labute approximate surface area is 103 Å². The largest absolute Gasteiger partial charge is 0.394 e. The van der Waals surface area contributed by atoms with Gasteiger partial charge in [0, 0.05) is 19.6 Å². The van der Waals surface area contributed by atoms with E-state index in [0.29, 0.717) is 19.6 Å². The van der Waals surface area contributed by atoms with Gasteiger partial charge < -0.3 is 20.5 Å². The van der Waals surface area contributed by atoms with Gasteiger partial charge in [-0.3, -0.25) is 4.79 Å². The van der Waals surface area contributed by atoms with E-state index in [4.69, 9.17) is 15.6 Å². The van der Waals surface area contributed by atoms with Gasteiger partial charge in [-0.15, -0.1) is 0 Å². The van der Waals surface area contributed by atoms with E-state index in [0.717, 1.165) is 6.42 Å². The molecule has 0 bridgehead atoms. The van der Waals surface area contributed by atoms with Crippen LogP contribution < -0.4 is 5.73 Å². The highest BCUT2D eigenvalue weighted by atomic mass is 16.5. The second-order valence-electron chi connectivity index (χ2n) is 5.08. The second-order valence-corrected chi connectivity index (χ2v) is 5.08. The Kier molecular flexibility index (Phi) is 4.91. The van der Waals surface area contributed by atoms with Crippen molar-refractivity contribution in [3.63, 3.8) is 0 Å². The molecule has 1 aliphatic rings. The second kappa shape index (κ2) is 5.80. The molecule has 1 amide bonds. The summed E-state index contributed by atoms with van der Waals surface area (Å²) in [5, 5.41) is 9.14. The van der Waals surface area contributed by atoms with Crippen LogP contribution in [0.5, 0.6) is 0 Å². The molecule has 100 valence electrons. The van der Waals surface area contributed by atoms with Crippen molar-refractivity contribution in [3.8, 4) is 0 Å². The number of morpholine rings is 1. The van der Waals surface area contributed by atoms with Gasteiger partial charge in [-0.25, -0.2) is 0 Å². The summed E-state index contributed by atoms with van der Waals surface area (Å²) in [7, 11) is 0. The van der Waals surface area contributed by atoms with Crippen LogP contribution in [0, 0.1) is 5.41 Å². The van der Waals surface area contributed by atoms with E-state index in [2.05, 4.69) is 0 Å². The fraction of sp³-hybridized carbons (Fsp3) is 0.917. The van der Waals surface area contributed by atoms with Gasteiger partial charge >= 0.3 is 0 Å². The Balaban J connectivity index is 2.74. The van der Waals surface area contributed by atoms with Crippen LogP contribution in [0.4, 0.5) is 0 Å². The molecule has 3 N–H and O–H groups in total. The van der Waals surface area contributed by atoms with E-state index in [1.807, 2.05) is 20.8 Å². The average molecular weight is 244 g/mol. The van der Waals surface area contributed by atoms with Crippen LogP contribution in [0.3, 0.4) is 0 Å². The number of nitrogens with zero attached hydrogens (tertiary/aromatic N) is 1. The quantitative estimate of drug-likeness (QED) is 0.728. The predicted octanol–water partition coefficient (Wildman–Crippen LogP) is -0.0304. The Morgan fingerprint density at radius 2 is 2.24 bits per heavy atom. The van der Waals surface area contributed by atoms with Crippen molar-refractivity contribution in [2.75, 3.05) is 26.2 Å². The number of amides is 1. The maximum atomic E-state index is 12.4. The summed E-state index contributed by atoms with van der Waals surface area (Å²) in [6.45, 7) is 7.09. The van der Waals surface area contributed by atoms with E-state index in [-0.39, 0.29) is 24.7 Å². The number of rotatable bonds is 4. The molecule has 3 atom stereocenters. The van der Waals surface area contributed by atoms with E-state index in [9.17, 15) is 4.79 Å². The highest BCUT2D eigenvalue weighted by Gasteiger charge is 2.37. The molecule has 1 heterocycles. The molecule has 17 heavy (non-hydrogen) atoms. The number of aliphatic hydroxyl groups excluding tert-OH is 1. The third-order valence-corrected chi connectivity index (χ3v) is 3.56. The first-order valence-electron chi connectivity index (χ1n) is 6.22. The van der Waals surface area contributed by atoms with Gasteiger partial charge in [0.2, 0.25) is 5.91 Å². The highest BCUT2D eigenvalue weighted by Crippen LogP contribution is 2.24. The molecule has 0 aromatic rings. The molecule has 0 aromatic heterocycles. The molecule has 0 saturated carbocycles. The third-order valence-electron chi connectivity index (χ3n) is 3.56. The molecule has 0 aliphatic carbocycles. The summed E-state index contributed by atoms with van der Waals surface area (Å²) in [6, 6.07) is 0. The van der Waals surface area contributed by atoms with Gasteiger partial charge in [0.15, 0.2) is 0 Å². The normalized spacial score (nSPS) is 28.9. The monoisotopic (exact) mass is 244 g/mol.